The molecule has 0 fully saturated rings. The number of hydrogen-bond acceptors (Lipinski definition) is 4. The summed E-state index contributed by atoms with van der Waals surface area (Å²) < 4.78 is 0. The van der Waals surface area contributed by atoms with Crippen molar-refractivity contribution < 1.29 is 14.7 Å². The van der Waals surface area contributed by atoms with Crippen molar-refractivity contribution in [2.45, 2.75) is 20.8 Å². The molecule has 2 aromatic carbocycles. The topological polar surface area (TPSA) is 73.2 Å². The first kappa shape index (κ1) is 19.4. The van der Waals surface area contributed by atoms with Gasteiger partial charge in [0, 0.05) is 18.8 Å². The van der Waals surface area contributed by atoms with Crippen molar-refractivity contribution >= 4 is 35.0 Å². The minimum Gasteiger partial charge on any atom is -0.478 e. The molecule has 0 aromatic heterocycles. The molecule has 0 aliphatic carbocycles. The van der Waals surface area contributed by atoms with E-state index in [1.54, 1.807) is 19.1 Å². The van der Waals surface area contributed by atoms with E-state index in [0.717, 1.165) is 24.3 Å². The average Bonchev–Trinajstić information content (AvgIpc) is 2.98. The molecule has 0 unspecified atom stereocenters. The molecular formula is C22H23N3O3. The Labute approximate surface area is 164 Å². The summed E-state index contributed by atoms with van der Waals surface area (Å²) in [5, 5.41) is 14.6. The largest absolute Gasteiger partial charge is 0.478 e. The first-order valence-electron chi connectivity index (χ1n) is 9.24. The molecule has 0 atom stereocenters. The van der Waals surface area contributed by atoms with Gasteiger partial charge in [-0.3, -0.25) is 4.79 Å². The molecule has 2 aromatic rings. The zero-order chi connectivity index (χ0) is 20.3. The lowest BCUT2D eigenvalue weighted by atomic mass is 10.1. The van der Waals surface area contributed by atoms with Crippen molar-refractivity contribution in [2.24, 2.45) is 5.10 Å². The van der Waals surface area contributed by atoms with E-state index in [0.29, 0.717) is 17.0 Å². The molecule has 0 bridgehead atoms. The SMILES string of the molecule is CCN(CC)c1ccc(C=C2C(=O)N(c3ccc(C(=O)O)cc3)N=C2C)cc1. The van der Waals surface area contributed by atoms with Crippen LogP contribution in [0.2, 0.25) is 0 Å². The number of nitrogens with zero attached hydrogens (tertiary/aromatic N) is 3. The molecule has 1 aliphatic heterocycles. The summed E-state index contributed by atoms with van der Waals surface area (Å²) >= 11 is 0. The fourth-order valence-electron chi connectivity index (χ4n) is 3.14. The monoisotopic (exact) mass is 377 g/mol. The number of aromatic carboxylic acids is 1. The number of carbonyl (C=O) groups excluding carboxylic acids is 1. The predicted octanol–water partition coefficient (Wildman–Crippen LogP) is 4.04. The van der Waals surface area contributed by atoms with E-state index in [-0.39, 0.29) is 11.5 Å². The fraction of sp³-hybridized carbons (Fsp3) is 0.227. The van der Waals surface area contributed by atoms with Crippen LogP contribution in [0.3, 0.4) is 0 Å². The molecule has 6 heteroatoms. The van der Waals surface area contributed by atoms with Crippen molar-refractivity contribution in [2.75, 3.05) is 23.0 Å². The van der Waals surface area contributed by atoms with Crippen LogP contribution in [0.25, 0.3) is 6.08 Å². The number of carboxylic acid groups (broad SMARTS) is 1. The lowest BCUT2D eigenvalue weighted by Crippen LogP contribution is -2.21. The van der Waals surface area contributed by atoms with Gasteiger partial charge in [0.1, 0.15) is 0 Å². The number of hydrogen-bond donors (Lipinski definition) is 1. The minimum atomic E-state index is -1.01. The number of rotatable bonds is 6. The highest BCUT2D eigenvalue weighted by Crippen LogP contribution is 2.26. The summed E-state index contributed by atoms with van der Waals surface area (Å²) in [6, 6.07) is 14.2. The van der Waals surface area contributed by atoms with Crippen LogP contribution in [-0.4, -0.2) is 35.8 Å². The van der Waals surface area contributed by atoms with Crippen molar-refractivity contribution in [1.29, 1.82) is 0 Å². The smallest absolute Gasteiger partial charge is 0.335 e. The number of hydrazone groups is 1. The second-order valence-corrected chi connectivity index (χ2v) is 6.48. The Balaban J connectivity index is 1.83. The second kappa shape index (κ2) is 8.08. The molecule has 3 rings (SSSR count). The fourth-order valence-corrected chi connectivity index (χ4v) is 3.14. The first-order chi connectivity index (χ1) is 13.4. The molecule has 28 heavy (non-hydrogen) atoms. The summed E-state index contributed by atoms with van der Waals surface area (Å²) in [7, 11) is 0. The van der Waals surface area contributed by atoms with Crippen molar-refractivity contribution in [3.05, 3.63) is 65.2 Å². The molecule has 6 nitrogen and oxygen atoms in total. The van der Waals surface area contributed by atoms with E-state index in [1.807, 2.05) is 30.3 Å². The van der Waals surface area contributed by atoms with Gasteiger partial charge in [0.15, 0.2) is 0 Å². The summed E-state index contributed by atoms with van der Waals surface area (Å²) in [5.74, 6) is -1.24. The van der Waals surface area contributed by atoms with Crippen LogP contribution in [0.15, 0.2) is 59.2 Å². The van der Waals surface area contributed by atoms with Gasteiger partial charge in [-0.25, -0.2) is 4.79 Å². The minimum absolute atomic E-state index is 0.167. The van der Waals surface area contributed by atoms with Crippen molar-refractivity contribution in [3.63, 3.8) is 0 Å². The molecule has 1 heterocycles. The van der Waals surface area contributed by atoms with Crippen LogP contribution in [0.5, 0.6) is 0 Å². The quantitative estimate of drug-likeness (QED) is 0.771. The van der Waals surface area contributed by atoms with E-state index < -0.39 is 5.97 Å². The highest BCUT2D eigenvalue weighted by atomic mass is 16.4. The lowest BCUT2D eigenvalue weighted by Gasteiger charge is -2.20. The van der Waals surface area contributed by atoms with Gasteiger partial charge in [-0.2, -0.15) is 10.1 Å². The Kier molecular flexibility index (Phi) is 5.59. The molecule has 0 radical (unpaired) electrons. The Morgan fingerprint density at radius 2 is 1.68 bits per heavy atom. The number of benzene rings is 2. The third kappa shape index (κ3) is 3.81. The Morgan fingerprint density at radius 1 is 1.07 bits per heavy atom. The van der Waals surface area contributed by atoms with Gasteiger partial charge in [0.05, 0.1) is 22.5 Å². The zero-order valence-corrected chi connectivity index (χ0v) is 16.2. The summed E-state index contributed by atoms with van der Waals surface area (Å²) in [6.07, 6.45) is 1.83. The Morgan fingerprint density at radius 3 is 2.21 bits per heavy atom. The maximum atomic E-state index is 12.8. The molecule has 1 aliphatic rings. The van der Waals surface area contributed by atoms with Gasteiger partial charge in [-0.1, -0.05) is 12.1 Å². The van der Waals surface area contributed by atoms with Gasteiger partial charge in [-0.15, -0.1) is 0 Å². The molecule has 0 saturated carbocycles. The molecular weight excluding hydrogens is 354 g/mol. The van der Waals surface area contributed by atoms with Gasteiger partial charge in [0.2, 0.25) is 0 Å². The van der Waals surface area contributed by atoms with Crippen molar-refractivity contribution in [3.8, 4) is 0 Å². The van der Waals surface area contributed by atoms with Crippen LogP contribution in [-0.2, 0) is 4.79 Å². The van der Waals surface area contributed by atoms with Crippen LogP contribution in [0.4, 0.5) is 11.4 Å². The van der Waals surface area contributed by atoms with E-state index in [1.165, 1.54) is 17.1 Å². The van der Waals surface area contributed by atoms with E-state index in [9.17, 15) is 9.59 Å². The number of amides is 1. The Hall–Kier alpha value is -3.41. The molecule has 1 amide bonds. The van der Waals surface area contributed by atoms with Crippen LogP contribution in [0, 0.1) is 0 Å². The second-order valence-electron chi connectivity index (χ2n) is 6.48. The van der Waals surface area contributed by atoms with E-state index in [4.69, 9.17) is 5.11 Å². The first-order valence-corrected chi connectivity index (χ1v) is 9.24. The maximum Gasteiger partial charge on any atom is 0.335 e. The van der Waals surface area contributed by atoms with Gasteiger partial charge in [0.25, 0.3) is 5.91 Å². The zero-order valence-electron chi connectivity index (χ0n) is 16.2. The number of anilines is 2. The van der Waals surface area contributed by atoms with Crippen LogP contribution < -0.4 is 9.91 Å². The maximum absolute atomic E-state index is 12.8. The molecule has 1 N–H and O–H groups in total. The molecule has 144 valence electrons. The summed E-state index contributed by atoms with van der Waals surface area (Å²) in [4.78, 5) is 26.1. The normalized spacial score (nSPS) is 15.1. The van der Waals surface area contributed by atoms with E-state index in [2.05, 4.69) is 23.8 Å². The number of carbonyl (C=O) groups is 2. The van der Waals surface area contributed by atoms with Crippen molar-refractivity contribution in [1.82, 2.24) is 0 Å². The lowest BCUT2D eigenvalue weighted by molar-refractivity contribution is -0.114. The van der Waals surface area contributed by atoms with Gasteiger partial charge >= 0.3 is 5.97 Å². The van der Waals surface area contributed by atoms with E-state index >= 15 is 0 Å². The van der Waals surface area contributed by atoms with Gasteiger partial charge < -0.3 is 10.0 Å². The summed E-state index contributed by atoms with van der Waals surface area (Å²) in [6.45, 7) is 7.91. The summed E-state index contributed by atoms with van der Waals surface area (Å²) in [5.41, 5.74) is 3.93. The third-order valence-electron chi connectivity index (χ3n) is 4.75. The predicted molar refractivity (Wildman–Crippen MR) is 112 cm³/mol. The molecule has 0 spiro atoms. The highest BCUT2D eigenvalue weighted by Gasteiger charge is 2.28. The highest BCUT2D eigenvalue weighted by molar-refractivity contribution is 6.32. The van der Waals surface area contributed by atoms with Crippen LogP contribution in [0.1, 0.15) is 36.7 Å². The average molecular weight is 377 g/mol. The molecule has 0 saturated heterocycles. The third-order valence-corrected chi connectivity index (χ3v) is 4.75. The Bertz CT molecular complexity index is 940. The van der Waals surface area contributed by atoms with Crippen LogP contribution >= 0.6 is 0 Å². The standard InChI is InChI=1S/C22H23N3O3/c1-4-24(5-2)18-10-6-16(7-11-18)14-20-15(3)23-25(21(20)26)19-12-8-17(9-13-19)22(27)28/h6-14H,4-5H2,1-3H3,(H,27,28). The van der Waals surface area contributed by atoms with Gasteiger partial charge in [-0.05, 0) is 68.8 Å². The number of carboxylic acids is 1.